The van der Waals surface area contributed by atoms with Gasteiger partial charge in [0, 0.05) is 35.1 Å². The van der Waals surface area contributed by atoms with Crippen LogP contribution in [-0.4, -0.2) is 38.9 Å². The number of benzene rings is 3. The molecule has 0 aliphatic carbocycles. The summed E-state index contributed by atoms with van der Waals surface area (Å²) in [4.78, 5) is 32.7. The van der Waals surface area contributed by atoms with Crippen LogP contribution in [0.3, 0.4) is 0 Å². The van der Waals surface area contributed by atoms with Crippen LogP contribution >= 0.6 is 23.4 Å². The number of hydrogen-bond donors (Lipinski definition) is 1. The van der Waals surface area contributed by atoms with Crippen LogP contribution in [0.15, 0.2) is 103 Å². The molecule has 0 spiro atoms. The third-order valence-electron chi connectivity index (χ3n) is 6.91. The van der Waals surface area contributed by atoms with Crippen molar-refractivity contribution in [3.05, 3.63) is 131 Å². The van der Waals surface area contributed by atoms with Gasteiger partial charge in [-0.25, -0.2) is 9.07 Å². The highest BCUT2D eigenvalue weighted by molar-refractivity contribution is 8.00. The number of pyridine rings is 1. The molecule has 2 amide bonds. The molecule has 10 heteroatoms. The molecule has 1 aliphatic heterocycles. The van der Waals surface area contributed by atoms with E-state index in [4.69, 9.17) is 16.7 Å². The van der Waals surface area contributed by atoms with Crippen LogP contribution < -0.4 is 10.2 Å². The highest BCUT2D eigenvalue weighted by Gasteiger charge is 2.38. The molecule has 210 valence electrons. The summed E-state index contributed by atoms with van der Waals surface area (Å²) in [6.07, 6.45) is 3.34. The Bertz CT molecular complexity index is 1730. The van der Waals surface area contributed by atoms with Gasteiger partial charge in [0.15, 0.2) is 0 Å². The molecular formula is C32H25ClFN5O2S. The maximum atomic E-state index is 14.0. The first-order valence-electron chi connectivity index (χ1n) is 13.3. The average molecular weight is 598 g/mol. The fourth-order valence-electron chi connectivity index (χ4n) is 4.93. The van der Waals surface area contributed by atoms with Crippen molar-refractivity contribution in [1.82, 2.24) is 20.1 Å². The number of amides is 2. The van der Waals surface area contributed by atoms with Gasteiger partial charge in [-0.3, -0.25) is 19.5 Å². The van der Waals surface area contributed by atoms with Crippen LogP contribution in [0.5, 0.6) is 0 Å². The second-order valence-corrected chi connectivity index (χ2v) is 11.2. The Morgan fingerprint density at radius 2 is 1.76 bits per heavy atom. The molecule has 0 bridgehead atoms. The first-order valence-corrected chi connectivity index (χ1v) is 14.7. The Balaban J connectivity index is 1.52. The van der Waals surface area contributed by atoms with E-state index < -0.39 is 5.82 Å². The van der Waals surface area contributed by atoms with Gasteiger partial charge in [-0.05, 0) is 47.5 Å². The number of thioether (sulfide) groups is 1. The predicted octanol–water partition coefficient (Wildman–Crippen LogP) is 6.21. The van der Waals surface area contributed by atoms with E-state index >= 15 is 0 Å². The second kappa shape index (κ2) is 12.2. The first kappa shape index (κ1) is 27.7. The fourth-order valence-corrected chi connectivity index (χ4v) is 6.47. The van der Waals surface area contributed by atoms with Gasteiger partial charge in [0.2, 0.25) is 11.8 Å². The Hall–Kier alpha value is -4.47. The molecule has 7 nitrogen and oxygen atoms in total. The lowest BCUT2D eigenvalue weighted by atomic mass is 9.99. The number of rotatable bonds is 7. The molecule has 0 fully saturated rings. The molecule has 5 aromatic rings. The number of carbonyl (C=O) groups excluding carboxylic acids is 2. The van der Waals surface area contributed by atoms with E-state index in [1.807, 2.05) is 60.7 Å². The largest absolute Gasteiger partial charge is 0.350 e. The second-order valence-electron chi connectivity index (χ2n) is 9.67. The summed E-state index contributed by atoms with van der Waals surface area (Å²) in [5.74, 6) is -0.440. The number of aromatic nitrogens is 3. The SMILES string of the molecule is O=C(CN1C(=O)CS[C@H](c2ccccc2Cl)c2c(-c3ccccc3)nn(-c3ccc(F)cc3)c21)NCc1cccnc1. The molecule has 0 unspecified atom stereocenters. The Morgan fingerprint density at radius 3 is 2.50 bits per heavy atom. The van der Waals surface area contributed by atoms with Crippen molar-refractivity contribution in [3.8, 4) is 16.9 Å². The Labute approximate surface area is 251 Å². The number of hydrogen-bond acceptors (Lipinski definition) is 5. The minimum Gasteiger partial charge on any atom is -0.350 e. The normalized spacial score (nSPS) is 14.8. The van der Waals surface area contributed by atoms with Crippen LogP contribution in [-0.2, 0) is 16.1 Å². The molecule has 0 radical (unpaired) electrons. The van der Waals surface area contributed by atoms with E-state index in [0.717, 1.165) is 22.3 Å². The molecule has 0 saturated carbocycles. The van der Waals surface area contributed by atoms with Gasteiger partial charge in [0.05, 0.1) is 22.4 Å². The Kier molecular flexibility index (Phi) is 8.03. The topological polar surface area (TPSA) is 80.1 Å². The summed E-state index contributed by atoms with van der Waals surface area (Å²) in [6, 6.07) is 26.7. The van der Waals surface area contributed by atoms with E-state index in [1.54, 1.807) is 35.3 Å². The molecular weight excluding hydrogens is 573 g/mol. The van der Waals surface area contributed by atoms with E-state index in [2.05, 4.69) is 10.3 Å². The van der Waals surface area contributed by atoms with Gasteiger partial charge in [0.1, 0.15) is 18.2 Å². The minimum absolute atomic E-state index is 0.109. The highest BCUT2D eigenvalue weighted by atomic mass is 35.5. The molecule has 42 heavy (non-hydrogen) atoms. The molecule has 2 aromatic heterocycles. The summed E-state index contributed by atoms with van der Waals surface area (Å²) >= 11 is 8.16. The van der Waals surface area contributed by atoms with E-state index in [0.29, 0.717) is 22.2 Å². The molecule has 1 atom stereocenters. The number of anilines is 1. The van der Waals surface area contributed by atoms with Crippen LogP contribution in [0.1, 0.15) is 21.9 Å². The summed E-state index contributed by atoms with van der Waals surface area (Å²) in [6.45, 7) is 0.0358. The van der Waals surface area contributed by atoms with Crippen molar-refractivity contribution in [3.63, 3.8) is 0 Å². The van der Waals surface area contributed by atoms with Crippen molar-refractivity contribution in [2.24, 2.45) is 0 Å². The van der Waals surface area contributed by atoms with Crippen LogP contribution in [0.2, 0.25) is 5.02 Å². The van der Waals surface area contributed by atoms with Gasteiger partial charge in [-0.2, -0.15) is 5.10 Å². The van der Waals surface area contributed by atoms with Crippen LogP contribution in [0.25, 0.3) is 16.9 Å². The van der Waals surface area contributed by atoms with Crippen molar-refractivity contribution in [1.29, 1.82) is 0 Å². The third kappa shape index (κ3) is 5.66. The summed E-state index contributed by atoms with van der Waals surface area (Å²) in [5.41, 5.74) is 4.44. The monoisotopic (exact) mass is 597 g/mol. The van der Waals surface area contributed by atoms with Gasteiger partial charge in [-0.15, -0.1) is 11.8 Å². The zero-order chi connectivity index (χ0) is 29.1. The van der Waals surface area contributed by atoms with E-state index in [9.17, 15) is 14.0 Å². The van der Waals surface area contributed by atoms with Crippen molar-refractivity contribution in [2.45, 2.75) is 11.8 Å². The quantitative estimate of drug-likeness (QED) is 0.241. The van der Waals surface area contributed by atoms with Gasteiger partial charge >= 0.3 is 0 Å². The van der Waals surface area contributed by atoms with Crippen LogP contribution in [0.4, 0.5) is 10.2 Å². The lowest BCUT2D eigenvalue weighted by molar-refractivity contribution is -0.123. The lowest BCUT2D eigenvalue weighted by Gasteiger charge is -2.23. The minimum atomic E-state index is -0.396. The molecule has 0 saturated heterocycles. The van der Waals surface area contributed by atoms with Gasteiger partial charge in [-0.1, -0.05) is 66.2 Å². The number of carbonyl (C=O) groups is 2. The third-order valence-corrected chi connectivity index (χ3v) is 8.49. The summed E-state index contributed by atoms with van der Waals surface area (Å²) < 4.78 is 15.6. The predicted molar refractivity (Wildman–Crippen MR) is 163 cm³/mol. The van der Waals surface area contributed by atoms with Crippen molar-refractivity contribution >= 4 is 41.0 Å². The summed E-state index contributed by atoms with van der Waals surface area (Å²) in [5, 5.41) is 8.08. The average Bonchev–Trinajstić information content (AvgIpc) is 3.34. The van der Waals surface area contributed by atoms with Gasteiger partial charge < -0.3 is 5.32 Å². The fraction of sp³-hybridized carbons (Fsp3) is 0.125. The zero-order valence-electron chi connectivity index (χ0n) is 22.3. The number of halogens is 2. The molecule has 6 rings (SSSR count). The maximum Gasteiger partial charge on any atom is 0.240 e. The van der Waals surface area contributed by atoms with Crippen molar-refractivity contribution in [2.75, 3.05) is 17.2 Å². The Morgan fingerprint density at radius 1 is 1.00 bits per heavy atom. The van der Waals surface area contributed by atoms with Crippen molar-refractivity contribution < 1.29 is 14.0 Å². The molecule has 1 N–H and O–H groups in total. The number of nitrogens with zero attached hydrogens (tertiary/aromatic N) is 4. The van der Waals surface area contributed by atoms with E-state index in [-0.39, 0.29) is 35.9 Å². The van der Waals surface area contributed by atoms with Gasteiger partial charge in [0.25, 0.3) is 0 Å². The van der Waals surface area contributed by atoms with E-state index in [1.165, 1.54) is 28.8 Å². The molecule has 3 aromatic carbocycles. The number of fused-ring (bicyclic) bond motifs is 1. The standard InChI is InChI=1S/C32H25ClFN5O2S/c33-26-11-5-4-10-25(26)31-29-30(22-8-2-1-3-9-22)37-39(24-14-12-23(34)13-15-24)32(29)38(28(41)20-42-31)19-27(40)36-18-21-7-6-16-35-17-21/h1-17,31H,18-20H2,(H,36,40)/t31-/m1/s1. The van der Waals surface area contributed by atoms with Crippen LogP contribution in [0, 0.1) is 5.82 Å². The first-order chi connectivity index (χ1) is 20.5. The smallest absolute Gasteiger partial charge is 0.240 e. The zero-order valence-corrected chi connectivity index (χ0v) is 23.9. The maximum absolute atomic E-state index is 14.0. The molecule has 1 aliphatic rings. The highest BCUT2D eigenvalue weighted by Crippen LogP contribution is 2.49. The number of nitrogens with one attached hydrogen (secondary N) is 1. The summed E-state index contributed by atoms with van der Waals surface area (Å²) in [7, 11) is 0. The lowest BCUT2D eigenvalue weighted by Crippen LogP contribution is -2.42. The molecule has 3 heterocycles.